The fourth-order valence-corrected chi connectivity index (χ4v) is 2.91. The van der Waals surface area contributed by atoms with E-state index in [0.717, 1.165) is 45.1 Å². The lowest BCUT2D eigenvalue weighted by atomic mass is 10.1. The molecule has 1 aliphatic rings. The van der Waals surface area contributed by atoms with Gasteiger partial charge in [-0.1, -0.05) is 38.1 Å². The van der Waals surface area contributed by atoms with Gasteiger partial charge in [-0.3, -0.25) is 9.89 Å². The van der Waals surface area contributed by atoms with E-state index in [1.165, 1.54) is 24.2 Å². The van der Waals surface area contributed by atoms with Gasteiger partial charge in [0, 0.05) is 52.9 Å². The quantitative estimate of drug-likeness (QED) is 0.363. The van der Waals surface area contributed by atoms with Crippen molar-refractivity contribution in [3.8, 4) is 0 Å². The molecule has 0 radical (unpaired) electrons. The molecule has 5 nitrogen and oxygen atoms in total. The van der Waals surface area contributed by atoms with Crippen LogP contribution in [0.5, 0.6) is 0 Å². The van der Waals surface area contributed by atoms with Crippen LogP contribution in [0, 0.1) is 5.92 Å². The zero-order chi connectivity index (χ0) is 18.1. The summed E-state index contributed by atoms with van der Waals surface area (Å²) in [4.78, 5) is 9.22. The predicted octanol–water partition coefficient (Wildman–Crippen LogP) is 2.76. The molecule has 1 aromatic carbocycles. The zero-order valence-corrected chi connectivity index (χ0v) is 19.1. The van der Waals surface area contributed by atoms with Crippen LogP contribution in [-0.2, 0) is 13.1 Å². The lowest BCUT2D eigenvalue weighted by molar-refractivity contribution is 0.148. The number of hydrogen-bond acceptors (Lipinski definition) is 3. The second-order valence-corrected chi connectivity index (χ2v) is 7.43. The highest BCUT2D eigenvalue weighted by atomic mass is 127. The number of nitrogens with zero attached hydrogens (tertiary/aromatic N) is 3. The van der Waals surface area contributed by atoms with Gasteiger partial charge in [0.15, 0.2) is 5.96 Å². The smallest absolute Gasteiger partial charge is 0.191 e. The Morgan fingerprint density at radius 3 is 2.23 bits per heavy atom. The van der Waals surface area contributed by atoms with Crippen molar-refractivity contribution in [1.82, 2.24) is 20.4 Å². The Morgan fingerprint density at radius 2 is 1.65 bits per heavy atom. The van der Waals surface area contributed by atoms with E-state index >= 15 is 0 Å². The standard InChI is InChI=1S/C20H35N5.HI/c1-17(2)9-10-22-20(21-3)23-15-18-5-7-19(8-6-18)16-25-13-11-24(4)12-14-25;/h5-8,17H,9-16H2,1-4H3,(H2,21,22,23);1H. The van der Waals surface area contributed by atoms with Gasteiger partial charge in [-0.15, -0.1) is 24.0 Å². The molecule has 1 aliphatic heterocycles. The van der Waals surface area contributed by atoms with E-state index < -0.39 is 0 Å². The van der Waals surface area contributed by atoms with Crippen LogP contribution in [0.3, 0.4) is 0 Å². The maximum atomic E-state index is 4.28. The Hall–Kier alpha value is -0.860. The molecular weight excluding hydrogens is 437 g/mol. The number of likely N-dealkylation sites (N-methyl/N-ethyl adjacent to an activating group) is 1. The molecule has 1 aromatic rings. The summed E-state index contributed by atoms with van der Waals surface area (Å²) in [5, 5.41) is 6.76. The van der Waals surface area contributed by atoms with Crippen molar-refractivity contribution >= 4 is 29.9 Å². The van der Waals surface area contributed by atoms with Gasteiger partial charge in [0.1, 0.15) is 0 Å². The summed E-state index contributed by atoms with van der Waals surface area (Å²) in [6, 6.07) is 8.95. The van der Waals surface area contributed by atoms with Crippen LogP contribution in [0.15, 0.2) is 29.3 Å². The number of aliphatic imine (C=N–C) groups is 1. The minimum Gasteiger partial charge on any atom is -0.356 e. The van der Waals surface area contributed by atoms with Gasteiger partial charge in [-0.25, -0.2) is 0 Å². The van der Waals surface area contributed by atoms with Crippen LogP contribution < -0.4 is 10.6 Å². The monoisotopic (exact) mass is 473 g/mol. The van der Waals surface area contributed by atoms with Gasteiger partial charge in [0.2, 0.25) is 0 Å². The van der Waals surface area contributed by atoms with Crippen molar-refractivity contribution in [2.45, 2.75) is 33.4 Å². The summed E-state index contributed by atoms with van der Waals surface area (Å²) in [6.07, 6.45) is 1.15. The van der Waals surface area contributed by atoms with Crippen molar-refractivity contribution in [1.29, 1.82) is 0 Å². The third-order valence-electron chi connectivity index (χ3n) is 4.72. The van der Waals surface area contributed by atoms with Crippen LogP contribution in [0.25, 0.3) is 0 Å². The molecule has 0 unspecified atom stereocenters. The van der Waals surface area contributed by atoms with Gasteiger partial charge >= 0.3 is 0 Å². The Morgan fingerprint density at radius 1 is 1.04 bits per heavy atom. The largest absolute Gasteiger partial charge is 0.356 e. The van der Waals surface area contributed by atoms with Crippen molar-refractivity contribution in [3.05, 3.63) is 35.4 Å². The lowest BCUT2D eigenvalue weighted by Gasteiger charge is -2.32. The molecular formula is C20H36IN5. The van der Waals surface area contributed by atoms with E-state index in [0.29, 0.717) is 5.92 Å². The van der Waals surface area contributed by atoms with E-state index in [1.807, 2.05) is 7.05 Å². The van der Waals surface area contributed by atoms with Crippen LogP contribution in [-0.4, -0.2) is 62.6 Å². The SMILES string of the molecule is CN=C(NCCC(C)C)NCc1ccc(CN2CCN(C)CC2)cc1.I. The number of nitrogens with one attached hydrogen (secondary N) is 2. The average Bonchev–Trinajstić information content (AvgIpc) is 2.61. The highest BCUT2D eigenvalue weighted by Gasteiger charge is 2.13. The fourth-order valence-electron chi connectivity index (χ4n) is 2.91. The molecule has 2 rings (SSSR count). The van der Waals surface area contributed by atoms with E-state index in [4.69, 9.17) is 0 Å². The average molecular weight is 473 g/mol. The molecule has 2 N–H and O–H groups in total. The zero-order valence-electron chi connectivity index (χ0n) is 16.8. The van der Waals surface area contributed by atoms with Crippen molar-refractivity contribution < 1.29 is 0 Å². The van der Waals surface area contributed by atoms with E-state index in [2.05, 4.69) is 70.6 Å². The number of guanidine groups is 1. The van der Waals surface area contributed by atoms with Crippen LogP contribution in [0.4, 0.5) is 0 Å². The van der Waals surface area contributed by atoms with E-state index in [9.17, 15) is 0 Å². The van der Waals surface area contributed by atoms with Crippen molar-refractivity contribution in [2.24, 2.45) is 10.9 Å². The number of piperazine rings is 1. The van der Waals surface area contributed by atoms with Gasteiger partial charge in [0.25, 0.3) is 0 Å². The van der Waals surface area contributed by atoms with E-state index in [-0.39, 0.29) is 24.0 Å². The summed E-state index contributed by atoms with van der Waals surface area (Å²) in [5.41, 5.74) is 2.68. The number of rotatable bonds is 7. The Kier molecular flexibility index (Phi) is 11.2. The molecule has 1 fully saturated rings. The molecule has 1 heterocycles. The maximum absolute atomic E-state index is 4.28. The molecule has 0 atom stereocenters. The molecule has 0 aliphatic carbocycles. The first-order valence-electron chi connectivity index (χ1n) is 9.50. The molecule has 6 heteroatoms. The molecule has 0 amide bonds. The second-order valence-electron chi connectivity index (χ2n) is 7.43. The Bertz CT molecular complexity index is 522. The highest BCUT2D eigenvalue weighted by Crippen LogP contribution is 2.09. The van der Waals surface area contributed by atoms with Crippen LogP contribution in [0.1, 0.15) is 31.4 Å². The molecule has 0 bridgehead atoms. The molecule has 0 aromatic heterocycles. The summed E-state index contributed by atoms with van der Waals surface area (Å²) < 4.78 is 0. The Labute approximate surface area is 176 Å². The third kappa shape index (κ3) is 8.68. The first-order valence-corrected chi connectivity index (χ1v) is 9.50. The van der Waals surface area contributed by atoms with Gasteiger partial charge < -0.3 is 15.5 Å². The maximum Gasteiger partial charge on any atom is 0.191 e. The van der Waals surface area contributed by atoms with E-state index in [1.54, 1.807) is 0 Å². The second kappa shape index (κ2) is 12.5. The normalized spacial score (nSPS) is 16.4. The topological polar surface area (TPSA) is 42.9 Å². The summed E-state index contributed by atoms with van der Waals surface area (Å²) >= 11 is 0. The van der Waals surface area contributed by atoms with Crippen molar-refractivity contribution in [2.75, 3.05) is 46.8 Å². The lowest BCUT2D eigenvalue weighted by Crippen LogP contribution is -2.43. The predicted molar refractivity (Wildman–Crippen MR) is 122 cm³/mol. The van der Waals surface area contributed by atoms with Gasteiger partial charge in [-0.2, -0.15) is 0 Å². The Balaban J connectivity index is 0.00000338. The molecule has 0 saturated carbocycles. The molecule has 1 saturated heterocycles. The first-order chi connectivity index (χ1) is 12.1. The minimum atomic E-state index is 0. The minimum absolute atomic E-state index is 0. The highest BCUT2D eigenvalue weighted by molar-refractivity contribution is 14.0. The summed E-state index contributed by atoms with van der Waals surface area (Å²) in [6.45, 7) is 12.0. The van der Waals surface area contributed by atoms with Crippen molar-refractivity contribution in [3.63, 3.8) is 0 Å². The third-order valence-corrected chi connectivity index (χ3v) is 4.72. The molecule has 26 heavy (non-hydrogen) atoms. The summed E-state index contributed by atoms with van der Waals surface area (Å²) in [7, 11) is 4.02. The number of hydrogen-bond donors (Lipinski definition) is 2. The number of benzene rings is 1. The molecule has 0 spiro atoms. The van der Waals surface area contributed by atoms with Crippen LogP contribution in [0.2, 0.25) is 0 Å². The van der Waals surface area contributed by atoms with Gasteiger partial charge in [0.05, 0.1) is 0 Å². The summed E-state index contributed by atoms with van der Waals surface area (Å²) in [5.74, 6) is 1.58. The van der Waals surface area contributed by atoms with Gasteiger partial charge in [-0.05, 0) is 30.5 Å². The fraction of sp³-hybridized carbons (Fsp3) is 0.650. The number of halogens is 1. The first kappa shape index (κ1) is 23.2. The molecule has 148 valence electrons. The van der Waals surface area contributed by atoms with Crippen LogP contribution >= 0.6 is 24.0 Å².